The van der Waals surface area contributed by atoms with E-state index in [9.17, 15) is 14.4 Å². The minimum atomic E-state index is -3.13. The van der Waals surface area contributed by atoms with E-state index in [1.165, 1.54) is 10.1 Å². The zero-order chi connectivity index (χ0) is 43.9. The highest BCUT2D eigenvalue weighted by Crippen LogP contribution is 2.46. The maximum Gasteiger partial charge on any atom is 0.301 e. The quantitative estimate of drug-likeness (QED) is 0.136. The van der Waals surface area contributed by atoms with E-state index >= 15 is 8.78 Å². The molecule has 17 heteroatoms. The lowest BCUT2D eigenvalue weighted by molar-refractivity contribution is -0.134. The van der Waals surface area contributed by atoms with Gasteiger partial charge in [-0.2, -0.15) is 10.1 Å². The monoisotopic (exact) mass is 882 g/mol. The molecule has 3 aromatic heterocycles. The number of alkyl halides is 2. The van der Waals surface area contributed by atoms with Crippen LogP contribution in [-0.2, 0) is 23.7 Å². The van der Waals surface area contributed by atoms with Crippen LogP contribution in [-0.4, -0.2) is 91.3 Å². The number of carbonyl (C=O) groups excluding carboxylic acids is 2. The van der Waals surface area contributed by atoms with Crippen molar-refractivity contribution < 1.29 is 23.1 Å². The molecule has 2 amide bonds. The van der Waals surface area contributed by atoms with E-state index < -0.39 is 30.0 Å². The predicted molar refractivity (Wildman–Crippen MR) is 238 cm³/mol. The molecule has 5 aliphatic rings. The van der Waals surface area contributed by atoms with Gasteiger partial charge in [-0.1, -0.05) is 23.7 Å². The molecular weight excluding hydrogens is 830 g/mol. The fraction of sp³-hybridized carbons (Fsp3) is 0.522. The Bertz CT molecular complexity index is 2710. The van der Waals surface area contributed by atoms with Gasteiger partial charge in [-0.3, -0.25) is 29.3 Å². The van der Waals surface area contributed by atoms with E-state index in [-0.39, 0.29) is 34.7 Å². The number of amides is 2. The summed E-state index contributed by atoms with van der Waals surface area (Å²) in [7, 11) is 3.53. The molecule has 0 bridgehead atoms. The number of nitrogens with zero attached hydrogens (tertiary/aromatic N) is 7. The lowest BCUT2D eigenvalue weighted by atomic mass is 9.78. The van der Waals surface area contributed by atoms with Crippen molar-refractivity contribution in [2.45, 2.75) is 94.6 Å². The Morgan fingerprint density at radius 3 is 2.49 bits per heavy atom. The van der Waals surface area contributed by atoms with Gasteiger partial charge >= 0.3 is 5.92 Å². The standard InChI is InChI=1S/C46H53ClF2N10O4/c1-45(2)21-28(27-7-9-30-35(19-27)57(4)55-37(30)31-10-12-36(60)52-42(31)61)15-18-59(45)23-25-13-16-58(17-14-25)44-50-22-33(47)41(54-44)51-29-8-11-34-32(20-29)38-39(43(62)56(34)3)63-24-46(48,49)40(53-38)26-5-6-26/h7-9,11,19-20,22,25-26,28,31,40,53H,5-6,10,12-18,21,23-24H2,1-4H3,(H,50,51,54)(H,52,60,61). The molecular formula is C46H53ClF2N10O4. The number of ether oxygens (including phenoxy) is 1. The van der Waals surface area contributed by atoms with Gasteiger partial charge in [0.1, 0.15) is 5.02 Å². The second-order valence-corrected chi connectivity index (χ2v) is 19.4. The first kappa shape index (κ1) is 41.6. The highest BCUT2D eigenvalue weighted by molar-refractivity contribution is 6.33. The number of hydrogen-bond donors (Lipinski definition) is 3. The first-order valence-electron chi connectivity index (χ1n) is 22.2. The number of pyridine rings is 1. The van der Waals surface area contributed by atoms with Gasteiger partial charge < -0.3 is 24.8 Å². The Morgan fingerprint density at radius 1 is 0.952 bits per heavy atom. The number of aromatic nitrogens is 5. The molecule has 0 radical (unpaired) electrons. The lowest BCUT2D eigenvalue weighted by Crippen LogP contribution is -2.52. The third-order valence-electron chi connectivity index (χ3n) is 14.3. The van der Waals surface area contributed by atoms with Crippen molar-refractivity contribution in [1.82, 2.24) is 34.5 Å². The van der Waals surface area contributed by atoms with E-state index in [2.05, 4.69) is 62.8 Å². The van der Waals surface area contributed by atoms with Crippen LogP contribution in [0, 0.1) is 11.8 Å². The summed E-state index contributed by atoms with van der Waals surface area (Å²) < 4.78 is 39.2. The van der Waals surface area contributed by atoms with Crippen LogP contribution in [0.1, 0.15) is 88.3 Å². The molecule has 63 heavy (non-hydrogen) atoms. The normalized spacial score (nSPS) is 24.1. The molecule has 7 heterocycles. The van der Waals surface area contributed by atoms with E-state index in [0.29, 0.717) is 70.9 Å². The maximum absolute atomic E-state index is 15.2. The van der Waals surface area contributed by atoms with E-state index in [0.717, 1.165) is 68.5 Å². The van der Waals surface area contributed by atoms with Gasteiger partial charge in [0.05, 0.1) is 40.6 Å². The number of anilines is 4. The Kier molecular flexibility index (Phi) is 10.4. The average molecular weight is 883 g/mol. The van der Waals surface area contributed by atoms with Crippen LogP contribution >= 0.6 is 11.6 Å². The van der Waals surface area contributed by atoms with E-state index in [1.807, 2.05) is 23.9 Å². The Hall–Kier alpha value is -5.35. The molecule has 14 nitrogen and oxygen atoms in total. The van der Waals surface area contributed by atoms with Crippen molar-refractivity contribution in [2.24, 2.45) is 25.9 Å². The number of halogens is 3. The number of hydrogen-bond acceptors (Lipinski definition) is 11. The van der Waals surface area contributed by atoms with Gasteiger partial charge in [-0.15, -0.1) is 0 Å². The summed E-state index contributed by atoms with van der Waals surface area (Å²) in [6.45, 7) is 7.50. The fourth-order valence-electron chi connectivity index (χ4n) is 10.5. The lowest BCUT2D eigenvalue weighted by Gasteiger charge is -2.48. The molecule has 1 aliphatic carbocycles. The minimum Gasteiger partial charge on any atom is -0.480 e. The molecule has 332 valence electrons. The van der Waals surface area contributed by atoms with Crippen LogP contribution in [0.4, 0.5) is 31.9 Å². The smallest absolute Gasteiger partial charge is 0.301 e. The number of likely N-dealkylation sites (tertiary alicyclic amines) is 1. The molecule has 4 fully saturated rings. The van der Waals surface area contributed by atoms with Gasteiger partial charge in [-0.05, 0) is 113 Å². The van der Waals surface area contributed by atoms with Crippen LogP contribution in [0.3, 0.4) is 0 Å². The number of benzene rings is 2. The molecule has 3 saturated heterocycles. The summed E-state index contributed by atoms with van der Waals surface area (Å²) in [4.78, 5) is 52.0. The number of carbonyl (C=O) groups is 2. The van der Waals surface area contributed by atoms with Gasteiger partial charge in [0.2, 0.25) is 23.5 Å². The molecule has 4 aliphatic heterocycles. The number of imide groups is 1. The number of nitrogens with one attached hydrogen (secondary N) is 3. The number of fused-ring (bicyclic) bond motifs is 4. The molecule has 5 aromatic rings. The predicted octanol–water partition coefficient (Wildman–Crippen LogP) is 7.23. The van der Waals surface area contributed by atoms with Crippen molar-refractivity contribution in [3.63, 3.8) is 0 Å². The summed E-state index contributed by atoms with van der Waals surface area (Å²) in [5.41, 5.74) is 4.05. The molecule has 2 aromatic carbocycles. The van der Waals surface area contributed by atoms with Crippen LogP contribution in [0.25, 0.3) is 21.8 Å². The molecule has 3 N–H and O–H groups in total. The fourth-order valence-corrected chi connectivity index (χ4v) is 10.6. The van der Waals surface area contributed by atoms with Crippen molar-refractivity contribution in [1.29, 1.82) is 0 Å². The number of piperidine rings is 3. The highest BCUT2D eigenvalue weighted by Gasteiger charge is 2.51. The van der Waals surface area contributed by atoms with Gasteiger partial charge in [-0.25, -0.2) is 13.8 Å². The van der Waals surface area contributed by atoms with Crippen molar-refractivity contribution in [3.8, 4) is 5.75 Å². The van der Waals surface area contributed by atoms with Gasteiger partial charge in [0, 0.05) is 62.1 Å². The number of rotatable bonds is 8. The molecule has 1 saturated carbocycles. The van der Waals surface area contributed by atoms with E-state index in [1.54, 1.807) is 19.3 Å². The maximum atomic E-state index is 15.2. The van der Waals surface area contributed by atoms with Gasteiger partial charge in [0.25, 0.3) is 5.56 Å². The summed E-state index contributed by atoms with van der Waals surface area (Å²) in [6.07, 6.45) is 7.89. The van der Waals surface area contributed by atoms with Crippen LogP contribution in [0.15, 0.2) is 47.4 Å². The molecule has 0 spiro atoms. The highest BCUT2D eigenvalue weighted by atomic mass is 35.5. The zero-order valence-corrected chi connectivity index (χ0v) is 36.8. The van der Waals surface area contributed by atoms with Crippen LogP contribution in [0.5, 0.6) is 5.75 Å². The SMILES string of the molecule is Cn1nc(C2CCC(=O)NC2=O)c2ccc(C3CCN(CC4CCN(c5ncc(Cl)c(Nc6ccc7c(c6)c6c(c(=O)n7C)OCC(F)(F)C(C7CC7)N6)n5)CC4)C(C)(C)C3)cc21. The third kappa shape index (κ3) is 7.76. The van der Waals surface area contributed by atoms with Crippen molar-refractivity contribution in [3.05, 3.63) is 69.2 Å². The minimum absolute atomic E-state index is 0.00223. The van der Waals surface area contributed by atoms with Crippen molar-refractivity contribution in [2.75, 3.05) is 48.3 Å². The Balaban J connectivity index is 0.785. The second kappa shape index (κ2) is 15.7. The molecule has 3 atom stereocenters. The Morgan fingerprint density at radius 2 is 1.75 bits per heavy atom. The van der Waals surface area contributed by atoms with E-state index in [4.69, 9.17) is 26.4 Å². The summed E-state index contributed by atoms with van der Waals surface area (Å²) in [5.74, 6) is -2.40. The molecule has 10 rings (SSSR count). The first-order chi connectivity index (χ1) is 30.1. The third-order valence-corrected chi connectivity index (χ3v) is 14.6. The summed E-state index contributed by atoms with van der Waals surface area (Å²) >= 11 is 6.66. The zero-order valence-electron chi connectivity index (χ0n) is 36.0. The topological polar surface area (TPSA) is 152 Å². The number of aryl methyl sites for hydroxylation is 2. The van der Waals surface area contributed by atoms with Gasteiger partial charge in [0.15, 0.2) is 12.4 Å². The Labute approximate surface area is 368 Å². The summed E-state index contributed by atoms with van der Waals surface area (Å²) in [6, 6.07) is 10.8. The average Bonchev–Trinajstić information content (AvgIpc) is 4.06. The first-order valence-corrected chi connectivity index (χ1v) is 22.5. The van der Waals surface area contributed by atoms with Crippen LogP contribution in [0.2, 0.25) is 5.02 Å². The van der Waals surface area contributed by atoms with Crippen LogP contribution < -0.4 is 31.1 Å². The largest absolute Gasteiger partial charge is 0.480 e. The van der Waals surface area contributed by atoms with Crippen molar-refractivity contribution >= 4 is 68.4 Å². The summed E-state index contributed by atoms with van der Waals surface area (Å²) in [5, 5.41) is 15.5. The second-order valence-electron chi connectivity index (χ2n) is 19.0. The molecule has 3 unspecified atom stereocenters.